The van der Waals surface area contributed by atoms with E-state index in [2.05, 4.69) is 46.6 Å². The highest BCUT2D eigenvalue weighted by atomic mass is 16.5. The first kappa shape index (κ1) is 15.8. The highest BCUT2D eigenvalue weighted by molar-refractivity contribution is 5.41. The Morgan fingerprint density at radius 1 is 1.09 bits per heavy atom. The highest BCUT2D eigenvalue weighted by Gasteiger charge is 2.24. The van der Waals surface area contributed by atoms with Gasteiger partial charge in [0.2, 0.25) is 0 Å². The first-order chi connectivity index (χ1) is 11.3. The lowest BCUT2D eigenvalue weighted by Crippen LogP contribution is -2.45. The van der Waals surface area contributed by atoms with Gasteiger partial charge in [-0.3, -0.25) is 4.90 Å². The van der Waals surface area contributed by atoms with Gasteiger partial charge in [0, 0.05) is 43.9 Å². The molecule has 2 aromatic carbocycles. The molecular weight excluding hydrogens is 288 g/mol. The predicted octanol–water partition coefficient (Wildman–Crippen LogP) is 2.85. The Hall–Kier alpha value is -2.04. The van der Waals surface area contributed by atoms with Crippen molar-refractivity contribution in [3.05, 3.63) is 59.7 Å². The number of hydrogen-bond donors (Lipinski definition) is 1. The molecule has 1 fully saturated rings. The predicted molar refractivity (Wildman–Crippen MR) is 92.0 cm³/mol. The number of ether oxygens (including phenoxy) is 2. The van der Waals surface area contributed by atoms with Crippen LogP contribution in [0.2, 0.25) is 0 Å². The van der Waals surface area contributed by atoms with Crippen LogP contribution in [0.5, 0.6) is 11.5 Å². The van der Waals surface area contributed by atoms with Gasteiger partial charge in [-0.15, -0.1) is 0 Å². The van der Waals surface area contributed by atoms with Gasteiger partial charge in [-0.05, 0) is 11.6 Å². The molecule has 3 rings (SSSR count). The molecule has 1 atom stereocenters. The molecule has 0 radical (unpaired) electrons. The molecule has 23 heavy (non-hydrogen) atoms. The van der Waals surface area contributed by atoms with Crippen molar-refractivity contribution in [3.63, 3.8) is 0 Å². The van der Waals surface area contributed by atoms with Gasteiger partial charge >= 0.3 is 0 Å². The van der Waals surface area contributed by atoms with E-state index in [4.69, 9.17) is 9.47 Å². The fourth-order valence-electron chi connectivity index (χ4n) is 3.14. The second-order valence-corrected chi connectivity index (χ2v) is 5.78. The van der Waals surface area contributed by atoms with Crippen LogP contribution in [-0.2, 0) is 6.54 Å². The lowest BCUT2D eigenvalue weighted by Gasteiger charge is -2.36. The number of rotatable bonds is 5. The quantitative estimate of drug-likeness (QED) is 0.920. The number of nitrogens with zero attached hydrogens (tertiary/aromatic N) is 1. The molecule has 2 aromatic rings. The van der Waals surface area contributed by atoms with Crippen molar-refractivity contribution in [2.24, 2.45) is 0 Å². The second-order valence-electron chi connectivity index (χ2n) is 5.78. The van der Waals surface area contributed by atoms with E-state index in [0.717, 1.165) is 37.7 Å². The molecule has 0 aromatic heterocycles. The van der Waals surface area contributed by atoms with E-state index in [1.54, 1.807) is 14.2 Å². The third-order valence-electron chi connectivity index (χ3n) is 4.41. The molecular formula is C19H24N2O2. The van der Waals surface area contributed by atoms with Crippen molar-refractivity contribution in [1.82, 2.24) is 10.2 Å². The maximum Gasteiger partial charge on any atom is 0.127 e. The molecule has 122 valence electrons. The first-order valence-electron chi connectivity index (χ1n) is 8.02. The van der Waals surface area contributed by atoms with Gasteiger partial charge in [0.15, 0.2) is 0 Å². The lowest BCUT2D eigenvalue weighted by atomic mass is 10.0. The van der Waals surface area contributed by atoms with E-state index in [-0.39, 0.29) is 0 Å². The zero-order valence-electron chi connectivity index (χ0n) is 13.8. The largest absolute Gasteiger partial charge is 0.497 e. The topological polar surface area (TPSA) is 33.7 Å². The molecule has 1 aliphatic rings. The summed E-state index contributed by atoms with van der Waals surface area (Å²) in [4.78, 5) is 2.51. The van der Waals surface area contributed by atoms with E-state index < -0.39 is 0 Å². The van der Waals surface area contributed by atoms with Crippen LogP contribution in [0, 0.1) is 0 Å². The fourth-order valence-corrected chi connectivity index (χ4v) is 3.14. The van der Waals surface area contributed by atoms with Crippen molar-refractivity contribution in [2.45, 2.75) is 12.6 Å². The Morgan fingerprint density at radius 2 is 1.91 bits per heavy atom. The Labute approximate surface area is 138 Å². The maximum atomic E-state index is 5.55. The number of nitrogens with one attached hydrogen (secondary N) is 1. The monoisotopic (exact) mass is 312 g/mol. The Balaban J connectivity index is 1.82. The maximum absolute atomic E-state index is 5.55. The minimum Gasteiger partial charge on any atom is -0.497 e. The van der Waals surface area contributed by atoms with Gasteiger partial charge in [-0.1, -0.05) is 36.4 Å². The van der Waals surface area contributed by atoms with Gasteiger partial charge in [0.1, 0.15) is 11.5 Å². The summed E-state index contributed by atoms with van der Waals surface area (Å²) in [5.74, 6) is 1.71. The van der Waals surface area contributed by atoms with Gasteiger partial charge in [-0.2, -0.15) is 0 Å². The van der Waals surface area contributed by atoms with Crippen LogP contribution >= 0.6 is 0 Å². The molecule has 0 aliphatic carbocycles. The minimum absolute atomic E-state index is 0.386. The summed E-state index contributed by atoms with van der Waals surface area (Å²) >= 11 is 0. The fraction of sp³-hybridized carbons (Fsp3) is 0.368. The molecule has 1 unspecified atom stereocenters. The zero-order chi connectivity index (χ0) is 16.1. The molecule has 1 aliphatic heterocycles. The summed E-state index contributed by atoms with van der Waals surface area (Å²) < 4.78 is 10.8. The average Bonchev–Trinajstić information content (AvgIpc) is 2.63. The van der Waals surface area contributed by atoms with Crippen LogP contribution in [0.15, 0.2) is 48.5 Å². The molecule has 1 heterocycles. The molecule has 1 saturated heterocycles. The normalized spacial score (nSPS) is 18.6. The van der Waals surface area contributed by atoms with Gasteiger partial charge in [0.25, 0.3) is 0 Å². The van der Waals surface area contributed by atoms with Crippen LogP contribution in [0.1, 0.15) is 17.2 Å². The summed E-state index contributed by atoms with van der Waals surface area (Å²) in [7, 11) is 3.39. The summed E-state index contributed by atoms with van der Waals surface area (Å²) in [5.41, 5.74) is 2.54. The van der Waals surface area contributed by atoms with E-state index in [9.17, 15) is 0 Å². The summed E-state index contributed by atoms with van der Waals surface area (Å²) in [6, 6.07) is 17.1. The van der Waals surface area contributed by atoms with E-state index >= 15 is 0 Å². The van der Waals surface area contributed by atoms with Crippen LogP contribution in [0.4, 0.5) is 0 Å². The number of hydrogen-bond acceptors (Lipinski definition) is 4. The van der Waals surface area contributed by atoms with Crippen molar-refractivity contribution in [3.8, 4) is 11.5 Å². The second kappa shape index (κ2) is 7.49. The molecule has 0 saturated carbocycles. The van der Waals surface area contributed by atoms with E-state index in [0.29, 0.717) is 6.04 Å². The van der Waals surface area contributed by atoms with Crippen LogP contribution in [-0.4, -0.2) is 38.8 Å². The average molecular weight is 312 g/mol. The molecule has 0 spiro atoms. The zero-order valence-corrected chi connectivity index (χ0v) is 13.8. The summed E-state index contributed by atoms with van der Waals surface area (Å²) in [6.07, 6.45) is 0. The Morgan fingerprint density at radius 3 is 2.65 bits per heavy atom. The lowest BCUT2D eigenvalue weighted by molar-refractivity contribution is 0.152. The molecule has 0 amide bonds. The molecule has 0 bridgehead atoms. The first-order valence-corrected chi connectivity index (χ1v) is 8.02. The van der Waals surface area contributed by atoms with E-state index in [1.807, 2.05) is 12.1 Å². The van der Waals surface area contributed by atoms with Gasteiger partial charge in [0.05, 0.1) is 14.2 Å². The van der Waals surface area contributed by atoms with Gasteiger partial charge in [-0.25, -0.2) is 0 Å². The minimum atomic E-state index is 0.386. The van der Waals surface area contributed by atoms with Crippen LogP contribution in [0.25, 0.3) is 0 Å². The molecule has 1 N–H and O–H groups in total. The molecule has 4 nitrogen and oxygen atoms in total. The Bertz CT molecular complexity index is 631. The summed E-state index contributed by atoms with van der Waals surface area (Å²) in [6.45, 7) is 3.88. The molecule has 4 heteroatoms. The highest BCUT2D eigenvalue weighted by Crippen LogP contribution is 2.29. The Kier molecular flexibility index (Phi) is 5.16. The van der Waals surface area contributed by atoms with E-state index in [1.165, 1.54) is 11.1 Å². The third kappa shape index (κ3) is 3.66. The van der Waals surface area contributed by atoms with Crippen LogP contribution < -0.4 is 14.8 Å². The van der Waals surface area contributed by atoms with Crippen molar-refractivity contribution in [1.29, 1.82) is 0 Å². The van der Waals surface area contributed by atoms with Crippen molar-refractivity contribution >= 4 is 0 Å². The smallest absolute Gasteiger partial charge is 0.127 e. The van der Waals surface area contributed by atoms with Crippen LogP contribution in [0.3, 0.4) is 0 Å². The third-order valence-corrected chi connectivity index (χ3v) is 4.41. The van der Waals surface area contributed by atoms with Gasteiger partial charge < -0.3 is 14.8 Å². The number of piperazine rings is 1. The van der Waals surface area contributed by atoms with Crippen molar-refractivity contribution in [2.75, 3.05) is 33.9 Å². The SMILES string of the molecule is COc1ccc(CN2CCNCC2c2ccccc2)c(OC)c1. The number of methoxy groups -OCH3 is 2. The summed E-state index contributed by atoms with van der Waals surface area (Å²) in [5, 5.41) is 3.50. The standard InChI is InChI=1S/C19H24N2O2/c1-22-17-9-8-16(19(12-17)23-2)14-21-11-10-20-13-18(21)15-6-4-3-5-7-15/h3-9,12,18,20H,10-11,13-14H2,1-2H3. The van der Waals surface area contributed by atoms with Crippen molar-refractivity contribution < 1.29 is 9.47 Å². The number of benzene rings is 2.